The van der Waals surface area contributed by atoms with Gasteiger partial charge in [0.05, 0.1) is 0 Å². The Balaban J connectivity index is 2.56. The molecule has 0 saturated heterocycles. The number of halogens is 1. The Morgan fingerprint density at radius 3 is 2.93 bits per heavy atom. The predicted molar refractivity (Wildman–Crippen MR) is 59.4 cm³/mol. The van der Waals surface area contributed by atoms with Crippen molar-refractivity contribution >= 4 is 21.8 Å². The molecule has 1 heterocycles. The van der Waals surface area contributed by atoms with Crippen LogP contribution in [0.1, 0.15) is 10.5 Å². The zero-order valence-electron chi connectivity index (χ0n) is 8.30. The van der Waals surface area contributed by atoms with Crippen LogP contribution < -0.4 is 5.32 Å². The quantitative estimate of drug-likeness (QED) is 0.850. The molecule has 1 aromatic heterocycles. The maximum atomic E-state index is 11.7. The normalized spacial score (nSPS) is 10.2. The van der Waals surface area contributed by atoms with E-state index in [9.17, 15) is 4.79 Å². The van der Waals surface area contributed by atoms with E-state index in [1.807, 2.05) is 7.05 Å². The van der Waals surface area contributed by atoms with E-state index in [0.29, 0.717) is 12.2 Å². The molecule has 1 rings (SSSR count). The van der Waals surface area contributed by atoms with E-state index in [0.717, 1.165) is 11.0 Å². The van der Waals surface area contributed by atoms with Gasteiger partial charge in [-0.25, -0.2) is 0 Å². The molecule has 5 heteroatoms. The fourth-order valence-electron chi connectivity index (χ4n) is 1.08. The van der Waals surface area contributed by atoms with Gasteiger partial charge in [-0.15, -0.1) is 0 Å². The number of carbonyl (C=O) groups excluding carboxylic acids is 1. The molecular weight excluding hydrogens is 246 g/mol. The summed E-state index contributed by atoms with van der Waals surface area (Å²) in [5.41, 5.74) is 0.607. The van der Waals surface area contributed by atoms with E-state index in [4.69, 9.17) is 0 Å². The van der Waals surface area contributed by atoms with Crippen molar-refractivity contribution in [2.24, 2.45) is 0 Å². The summed E-state index contributed by atoms with van der Waals surface area (Å²) in [5.74, 6) is 0.00551. The number of H-pyrrole nitrogens is 1. The molecule has 0 aromatic carbocycles. The van der Waals surface area contributed by atoms with Gasteiger partial charge in [-0.1, -0.05) is 0 Å². The van der Waals surface area contributed by atoms with Crippen LogP contribution in [0, 0.1) is 0 Å². The predicted octanol–water partition coefficient (Wildman–Crippen LogP) is 1.07. The zero-order valence-corrected chi connectivity index (χ0v) is 9.89. The van der Waals surface area contributed by atoms with Gasteiger partial charge in [0.25, 0.3) is 5.91 Å². The Kier molecular flexibility index (Phi) is 4.16. The van der Waals surface area contributed by atoms with Crippen molar-refractivity contribution in [3.63, 3.8) is 0 Å². The summed E-state index contributed by atoms with van der Waals surface area (Å²) in [6.45, 7) is 1.50. The fraction of sp³-hybridized carbons (Fsp3) is 0.444. The third kappa shape index (κ3) is 2.85. The second kappa shape index (κ2) is 5.17. The fourth-order valence-corrected chi connectivity index (χ4v) is 1.42. The second-order valence-corrected chi connectivity index (χ2v) is 3.98. The first-order chi connectivity index (χ1) is 6.65. The van der Waals surface area contributed by atoms with Gasteiger partial charge in [0.15, 0.2) is 0 Å². The van der Waals surface area contributed by atoms with Crippen LogP contribution in [-0.4, -0.2) is 43.0 Å². The number of rotatable bonds is 4. The van der Waals surface area contributed by atoms with E-state index in [-0.39, 0.29) is 5.91 Å². The van der Waals surface area contributed by atoms with Crippen LogP contribution in [0.2, 0.25) is 0 Å². The topological polar surface area (TPSA) is 48.1 Å². The Bertz CT molecular complexity index is 311. The lowest BCUT2D eigenvalue weighted by molar-refractivity contribution is 0.0792. The van der Waals surface area contributed by atoms with Crippen LogP contribution in [-0.2, 0) is 0 Å². The largest absolute Gasteiger partial charge is 0.356 e. The Morgan fingerprint density at radius 2 is 2.43 bits per heavy atom. The van der Waals surface area contributed by atoms with Gasteiger partial charge in [-0.05, 0) is 29.0 Å². The highest BCUT2D eigenvalue weighted by atomic mass is 79.9. The highest BCUT2D eigenvalue weighted by Gasteiger charge is 2.12. The first kappa shape index (κ1) is 11.3. The Morgan fingerprint density at radius 1 is 1.71 bits per heavy atom. The van der Waals surface area contributed by atoms with Crippen LogP contribution >= 0.6 is 15.9 Å². The van der Waals surface area contributed by atoms with Crippen molar-refractivity contribution < 1.29 is 4.79 Å². The maximum absolute atomic E-state index is 11.7. The van der Waals surface area contributed by atoms with Gasteiger partial charge in [-0.3, -0.25) is 4.79 Å². The molecule has 2 N–H and O–H groups in total. The van der Waals surface area contributed by atoms with Crippen LogP contribution in [0.4, 0.5) is 0 Å². The Labute approximate surface area is 91.8 Å². The van der Waals surface area contributed by atoms with Crippen LogP contribution in [0.25, 0.3) is 0 Å². The summed E-state index contributed by atoms with van der Waals surface area (Å²) in [6, 6.07) is 1.78. The lowest BCUT2D eigenvalue weighted by Gasteiger charge is -2.15. The molecule has 0 bridgehead atoms. The monoisotopic (exact) mass is 259 g/mol. The molecule has 0 aliphatic heterocycles. The van der Waals surface area contributed by atoms with Crippen molar-refractivity contribution in [2.75, 3.05) is 27.2 Å². The zero-order chi connectivity index (χ0) is 10.6. The number of aromatic nitrogens is 1. The van der Waals surface area contributed by atoms with Gasteiger partial charge < -0.3 is 15.2 Å². The molecule has 0 unspecified atom stereocenters. The van der Waals surface area contributed by atoms with Crippen LogP contribution in [0.3, 0.4) is 0 Å². The van der Waals surface area contributed by atoms with E-state index in [1.54, 1.807) is 24.2 Å². The molecule has 4 nitrogen and oxygen atoms in total. The highest BCUT2D eigenvalue weighted by Crippen LogP contribution is 2.11. The van der Waals surface area contributed by atoms with Crippen molar-refractivity contribution in [2.45, 2.75) is 0 Å². The van der Waals surface area contributed by atoms with Crippen molar-refractivity contribution in [3.8, 4) is 0 Å². The number of hydrogen-bond acceptors (Lipinski definition) is 2. The molecule has 1 amide bonds. The molecule has 0 fully saturated rings. The second-order valence-electron chi connectivity index (χ2n) is 3.06. The SMILES string of the molecule is CNCCN(C)C(=O)c1cc(Br)c[nH]1. The smallest absolute Gasteiger partial charge is 0.270 e. The summed E-state index contributed by atoms with van der Waals surface area (Å²) in [6.07, 6.45) is 1.75. The van der Waals surface area contributed by atoms with E-state index < -0.39 is 0 Å². The molecule has 0 aliphatic carbocycles. The molecule has 0 saturated carbocycles. The minimum Gasteiger partial charge on any atom is -0.356 e. The number of nitrogens with zero attached hydrogens (tertiary/aromatic N) is 1. The van der Waals surface area contributed by atoms with Crippen LogP contribution in [0.15, 0.2) is 16.7 Å². The summed E-state index contributed by atoms with van der Waals surface area (Å²) in [7, 11) is 3.65. The lowest BCUT2D eigenvalue weighted by Crippen LogP contribution is -2.32. The molecule has 0 aliphatic rings. The Hall–Kier alpha value is -0.810. The van der Waals surface area contributed by atoms with Gasteiger partial charge in [-0.2, -0.15) is 0 Å². The van der Waals surface area contributed by atoms with Crippen molar-refractivity contribution in [1.29, 1.82) is 0 Å². The van der Waals surface area contributed by atoms with Gasteiger partial charge in [0.2, 0.25) is 0 Å². The number of aromatic amines is 1. The number of amides is 1. The number of hydrogen-bond donors (Lipinski definition) is 2. The average Bonchev–Trinajstić information content (AvgIpc) is 2.60. The molecular formula is C9H14BrN3O. The minimum absolute atomic E-state index is 0.00551. The van der Waals surface area contributed by atoms with E-state index >= 15 is 0 Å². The van der Waals surface area contributed by atoms with Crippen LogP contribution in [0.5, 0.6) is 0 Å². The van der Waals surface area contributed by atoms with Gasteiger partial charge in [0, 0.05) is 30.8 Å². The highest BCUT2D eigenvalue weighted by molar-refractivity contribution is 9.10. The van der Waals surface area contributed by atoms with E-state index in [1.165, 1.54) is 0 Å². The van der Waals surface area contributed by atoms with Crippen molar-refractivity contribution in [3.05, 3.63) is 22.4 Å². The van der Waals surface area contributed by atoms with Gasteiger partial charge >= 0.3 is 0 Å². The maximum Gasteiger partial charge on any atom is 0.270 e. The molecule has 0 radical (unpaired) electrons. The standard InChI is InChI=1S/C9H14BrN3O/c1-11-3-4-13(2)9(14)8-5-7(10)6-12-8/h5-6,11-12H,3-4H2,1-2H3. The first-order valence-corrected chi connectivity index (χ1v) is 5.18. The molecule has 0 spiro atoms. The number of carbonyl (C=O) groups is 1. The number of likely N-dealkylation sites (N-methyl/N-ethyl adjacent to an activating group) is 2. The molecule has 14 heavy (non-hydrogen) atoms. The third-order valence-electron chi connectivity index (χ3n) is 1.92. The molecule has 1 aromatic rings. The third-order valence-corrected chi connectivity index (χ3v) is 2.38. The lowest BCUT2D eigenvalue weighted by atomic mass is 10.4. The summed E-state index contributed by atoms with van der Waals surface area (Å²) < 4.78 is 0.892. The van der Waals surface area contributed by atoms with Crippen molar-refractivity contribution in [1.82, 2.24) is 15.2 Å². The average molecular weight is 260 g/mol. The summed E-state index contributed by atoms with van der Waals surface area (Å²) in [5, 5.41) is 3.00. The molecule has 78 valence electrons. The minimum atomic E-state index is 0.00551. The number of nitrogens with one attached hydrogen (secondary N) is 2. The summed E-state index contributed by atoms with van der Waals surface area (Å²) in [4.78, 5) is 16.3. The first-order valence-electron chi connectivity index (χ1n) is 4.39. The summed E-state index contributed by atoms with van der Waals surface area (Å²) >= 11 is 3.29. The molecule has 0 atom stereocenters. The van der Waals surface area contributed by atoms with E-state index in [2.05, 4.69) is 26.2 Å². The van der Waals surface area contributed by atoms with Gasteiger partial charge in [0.1, 0.15) is 5.69 Å².